The Labute approximate surface area is 176 Å². The molecule has 0 heterocycles. The first-order valence-electron chi connectivity index (χ1n) is 8.61. The number of hydrogen-bond donors (Lipinski definition) is 0. The van der Waals surface area contributed by atoms with Gasteiger partial charge in [0.2, 0.25) is 0 Å². The number of ether oxygens (including phenoxy) is 1. The molecule has 0 amide bonds. The molecule has 1 atom stereocenters. The van der Waals surface area contributed by atoms with Crippen LogP contribution in [0.15, 0.2) is 114 Å². The van der Waals surface area contributed by atoms with E-state index in [-0.39, 0.29) is 17.1 Å². The molecule has 0 saturated carbocycles. The van der Waals surface area contributed by atoms with Crippen LogP contribution in [-0.4, -0.2) is 7.11 Å². The van der Waals surface area contributed by atoms with Crippen LogP contribution in [0.2, 0.25) is 0 Å². The quantitative estimate of drug-likeness (QED) is 0.204. The van der Waals surface area contributed by atoms with Crippen molar-refractivity contribution in [1.82, 2.24) is 0 Å². The first-order valence-corrected chi connectivity index (χ1v) is 9.49. The molecule has 0 bridgehead atoms. The minimum absolute atomic E-state index is 0. The van der Waals surface area contributed by atoms with Crippen molar-refractivity contribution in [2.45, 2.75) is 10.1 Å². The molecule has 4 aromatic rings. The molecule has 0 spiro atoms. The molecule has 1 nitrogen and oxygen atoms in total. The van der Waals surface area contributed by atoms with Gasteiger partial charge in [-0.15, -0.1) is 17.3 Å². The molecule has 0 aliphatic rings. The number of rotatable bonds is 5. The third-order valence-corrected chi connectivity index (χ3v) is 5.29. The van der Waals surface area contributed by atoms with Crippen molar-refractivity contribution >= 4 is 11.8 Å². The van der Waals surface area contributed by atoms with Crippen molar-refractivity contribution in [3.8, 4) is 5.75 Å². The molecule has 3 heteroatoms. The molecule has 4 rings (SSSR count). The van der Waals surface area contributed by atoms with Crippen LogP contribution in [0.5, 0.6) is 5.75 Å². The van der Waals surface area contributed by atoms with E-state index in [0.29, 0.717) is 5.25 Å². The van der Waals surface area contributed by atoms with Crippen LogP contribution in [0.4, 0.5) is 0 Å². The van der Waals surface area contributed by atoms with E-state index in [9.17, 15) is 0 Å². The summed E-state index contributed by atoms with van der Waals surface area (Å²) in [7, 11) is 1.70. The Morgan fingerprint density at radius 1 is 0.778 bits per heavy atom. The van der Waals surface area contributed by atoms with Gasteiger partial charge in [0.25, 0.3) is 0 Å². The van der Waals surface area contributed by atoms with Crippen LogP contribution in [-0.2, 0) is 17.1 Å². The van der Waals surface area contributed by atoms with Gasteiger partial charge >= 0.3 is 0 Å². The molecule has 0 fully saturated rings. The standard InChI is InChI=1S/C19H17OS.C5H5.Fe/c1-20-17-13-11-16(12-14-17)19(15-7-5-6-8-15)21-18-9-3-2-4-10-18;1-2-4-5-3-1;/h2-14,19H,1H3;1-5H;/q-1;-5;. The van der Waals surface area contributed by atoms with Gasteiger partial charge in [-0.05, 0) is 29.8 Å². The van der Waals surface area contributed by atoms with E-state index in [4.69, 9.17) is 4.74 Å². The Morgan fingerprint density at radius 3 is 1.85 bits per heavy atom. The van der Waals surface area contributed by atoms with Crippen molar-refractivity contribution in [1.29, 1.82) is 0 Å². The maximum absolute atomic E-state index is 5.25. The van der Waals surface area contributed by atoms with Gasteiger partial charge in [0.15, 0.2) is 0 Å². The van der Waals surface area contributed by atoms with E-state index in [2.05, 4.69) is 66.7 Å². The molecule has 0 N–H and O–H groups in total. The van der Waals surface area contributed by atoms with Crippen molar-refractivity contribution in [2.24, 2.45) is 0 Å². The van der Waals surface area contributed by atoms with Gasteiger partial charge in [-0.3, -0.25) is 0 Å². The number of benzene rings is 2. The van der Waals surface area contributed by atoms with Gasteiger partial charge in [0, 0.05) is 27.2 Å². The maximum atomic E-state index is 5.25. The molecule has 4 aromatic carbocycles. The number of methoxy groups -OCH3 is 1. The normalized spacial score (nSPS) is 10.9. The SMILES string of the molecule is COc1ccc(C(Sc2ccccc2)[c-]2cccc2)cc1.[Fe].[cH-]1[cH-][cH-][cH-][cH-]1. The van der Waals surface area contributed by atoms with Gasteiger partial charge in [0.1, 0.15) is 5.75 Å². The monoisotopic (exact) mass is 414 g/mol. The molecule has 0 saturated heterocycles. The molecule has 0 radical (unpaired) electrons. The van der Waals surface area contributed by atoms with Gasteiger partial charge in [-0.2, -0.15) is 12.1 Å². The summed E-state index contributed by atoms with van der Waals surface area (Å²) < 4.78 is 5.25. The second-order valence-electron chi connectivity index (χ2n) is 5.76. The van der Waals surface area contributed by atoms with Gasteiger partial charge < -0.3 is 35.1 Å². The predicted molar refractivity (Wildman–Crippen MR) is 111 cm³/mol. The third kappa shape index (κ3) is 6.48. The molecular weight excluding hydrogens is 392 g/mol. The summed E-state index contributed by atoms with van der Waals surface area (Å²) >= 11 is 1.87. The summed E-state index contributed by atoms with van der Waals surface area (Å²) in [5.74, 6) is 0.893. The summed E-state index contributed by atoms with van der Waals surface area (Å²) in [4.78, 5) is 1.28. The largest absolute Gasteiger partial charge is 0.748 e. The molecule has 1 unspecified atom stereocenters. The van der Waals surface area contributed by atoms with Crippen LogP contribution >= 0.6 is 11.8 Å². The summed E-state index contributed by atoms with van der Waals surface area (Å²) in [6.45, 7) is 0. The molecule has 0 aromatic heterocycles. The van der Waals surface area contributed by atoms with E-state index in [1.165, 1.54) is 16.0 Å². The summed E-state index contributed by atoms with van der Waals surface area (Å²) in [6.07, 6.45) is 0. The van der Waals surface area contributed by atoms with E-state index >= 15 is 0 Å². The Bertz CT molecular complexity index is 820. The fourth-order valence-electron chi connectivity index (χ4n) is 2.63. The van der Waals surface area contributed by atoms with Crippen LogP contribution in [0.3, 0.4) is 0 Å². The minimum atomic E-state index is 0. The van der Waals surface area contributed by atoms with Crippen molar-refractivity contribution in [3.63, 3.8) is 0 Å². The van der Waals surface area contributed by atoms with Crippen molar-refractivity contribution in [3.05, 3.63) is 120 Å². The molecular formula is C24H22FeOS-6. The zero-order chi connectivity index (χ0) is 18.0. The molecule has 27 heavy (non-hydrogen) atoms. The summed E-state index contributed by atoms with van der Waals surface area (Å²) in [6, 6.07) is 37.4. The maximum Gasteiger partial charge on any atom is 0.118 e. The number of thioether (sulfide) groups is 1. The topological polar surface area (TPSA) is 9.23 Å². The van der Waals surface area contributed by atoms with Crippen LogP contribution in [0.1, 0.15) is 16.4 Å². The predicted octanol–water partition coefficient (Wildman–Crippen LogP) is 6.70. The van der Waals surface area contributed by atoms with Gasteiger partial charge in [0.05, 0.1) is 7.11 Å². The zero-order valence-corrected chi connectivity index (χ0v) is 17.1. The fraction of sp³-hybridized carbons (Fsp3) is 0.0833. The average molecular weight is 414 g/mol. The van der Waals surface area contributed by atoms with Crippen LogP contribution < -0.4 is 4.74 Å². The molecule has 144 valence electrons. The first-order chi connectivity index (χ1) is 12.9. The van der Waals surface area contributed by atoms with Crippen LogP contribution in [0.25, 0.3) is 0 Å². The molecule has 0 aliphatic carbocycles. The Hall–Kier alpha value is -2.19. The van der Waals surface area contributed by atoms with Crippen molar-refractivity contribution in [2.75, 3.05) is 7.11 Å². The average Bonchev–Trinajstić information content (AvgIpc) is 3.44. The Morgan fingerprint density at radius 2 is 1.33 bits per heavy atom. The van der Waals surface area contributed by atoms with E-state index in [0.717, 1.165) is 5.75 Å². The van der Waals surface area contributed by atoms with E-state index in [1.54, 1.807) is 7.11 Å². The smallest absolute Gasteiger partial charge is 0.118 e. The first kappa shape index (κ1) is 21.1. The van der Waals surface area contributed by atoms with Gasteiger partial charge in [-0.25, -0.2) is 12.1 Å². The Kier molecular flexibility index (Phi) is 9.00. The zero-order valence-electron chi connectivity index (χ0n) is 15.1. The van der Waals surface area contributed by atoms with E-state index < -0.39 is 0 Å². The number of hydrogen-bond acceptors (Lipinski definition) is 2. The van der Waals surface area contributed by atoms with Crippen LogP contribution in [0, 0.1) is 0 Å². The van der Waals surface area contributed by atoms with Crippen molar-refractivity contribution < 1.29 is 21.8 Å². The fourth-order valence-corrected chi connectivity index (χ4v) is 3.80. The third-order valence-electron chi connectivity index (χ3n) is 3.96. The molecule has 0 aliphatic heterocycles. The summed E-state index contributed by atoms with van der Waals surface area (Å²) in [5, 5.41) is 0.299. The van der Waals surface area contributed by atoms with E-state index in [1.807, 2.05) is 54.2 Å². The second kappa shape index (κ2) is 11.5. The van der Waals surface area contributed by atoms with Gasteiger partial charge in [-0.1, -0.05) is 30.3 Å². The second-order valence-corrected chi connectivity index (χ2v) is 6.94. The Balaban J connectivity index is 0.000000379. The summed E-state index contributed by atoms with van der Waals surface area (Å²) in [5.41, 5.74) is 2.62. The minimum Gasteiger partial charge on any atom is -0.748 e.